The van der Waals surface area contributed by atoms with Gasteiger partial charge in [0.25, 0.3) is 0 Å². The molecule has 0 aliphatic carbocycles. The summed E-state index contributed by atoms with van der Waals surface area (Å²) in [6, 6.07) is 5.29. The molecule has 4 nitrogen and oxygen atoms in total. The summed E-state index contributed by atoms with van der Waals surface area (Å²) >= 11 is 12.0. The van der Waals surface area contributed by atoms with Crippen LogP contribution in [0.1, 0.15) is 31.4 Å². The van der Waals surface area contributed by atoms with Gasteiger partial charge < -0.3 is 15.4 Å². The molecule has 1 saturated heterocycles. The Morgan fingerprint density at radius 1 is 1.36 bits per heavy atom. The van der Waals surface area contributed by atoms with Gasteiger partial charge in [-0.2, -0.15) is 0 Å². The largest absolute Gasteiger partial charge is 0.384 e. The predicted molar refractivity (Wildman–Crippen MR) is 89.4 cm³/mol. The van der Waals surface area contributed by atoms with Crippen molar-refractivity contribution in [3.8, 4) is 0 Å². The number of amides is 1. The minimum absolute atomic E-state index is 0.0365. The van der Waals surface area contributed by atoms with Gasteiger partial charge in [0.1, 0.15) is 0 Å². The second-order valence-corrected chi connectivity index (χ2v) is 6.65. The van der Waals surface area contributed by atoms with Crippen LogP contribution in [0.2, 0.25) is 10.0 Å². The first kappa shape index (κ1) is 17.5. The van der Waals surface area contributed by atoms with Crippen LogP contribution in [0.5, 0.6) is 0 Å². The molecule has 1 atom stereocenters. The van der Waals surface area contributed by atoms with Crippen molar-refractivity contribution in [3.63, 3.8) is 0 Å². The zero-order chi connectivity index (χ0) is 16.2. The monoisotopic (exact) mass is 344 g/mol. The highest BCUT2D eigenvalue weighted by atomic mass is 35.5. The fourth-order valence-electron chi connectivity index (χ4n) is 2.83. The van der Waals surface area contributed by atoms with E-state index in [1.54, 1.807) is 19.2 Å². The van der Waals surface area contributed by atoms with Crippen LogP contribution in [-0.2, 0) is 9.53 Å². The van der Waals surface area contributed by atoms with Crippen LogP contribution in [0.3, 0.4) is 0 Å². The molecule has 22 heavy (non-hydrogen) atoms. The highest BCUT2D eigenvalue weighted by Crippen LogP contribution is 2.31. The van der Waals surface area contributed by atoms with E-state index in [9.17, 15) is 4.79 Å². The summed E-state index contributed by atoms with van der Waals surface area (Å²) in [5, 5.41) is 7.38. The standard InChI is InChI=1S/C16H22Cl2N2O2/c1-11(12-3-4-13(17)14(18)9-12)20-15(21)16(10-22-2)5-7-19-8-6-16/h3-4,9,11,19H,5-8,10H2,1-2H3,(H,20,21). The molecule has 122 valence electrons. The SMILES string of the molecule is COCC1(C(=O)NC(C)c2ccc(Cl)c(Cl)c2)CCNCC1. The Labute approximate surface area is 141 Å². The van der Waals surface area contributed by atoms with Crippen LogP contribution in [-0.4, -0.2) is 32.7 Å². The summed E-state index contributed by atoms with van der Waals surface area (Å²) in [6.07, 6.45) is 1.56. The maximum atomic E-state index is 12.8. The van der Waals surface area contributed by atoms with Crippen molar-refractivity contribution in [2.24, 2.45) is 5.41 Å². The molecular weight excluding hydrogens is 323 g/mol. The van der Waals surface area contributed by atoms with Crippen molar-refractivity contribution in [3.05, 3.63) is 33.8 Å². The quantitative estimate of drug-likeness (QED) is 0.862. The van der Waals surface area contributed by atoms with E-state index in [0.717, 1.165) is 31.5 Å². The van der Waals surface area contributed by atoms with E-state index < -0.39 is 5.41 Å². The molecule has 1 aliphatic heterocycles. The Hall–Kier alpha value is -0.810. The Bertz CT molecular complexity index is 525. The van der Waals surface area contributed by atoms with Crippen LogP contribution in [0.15, 0.2) is 18.2 Å². The molecule has 6 heteroatoms. The van der Waals surface area contributed by atoms with Crippen LogP contribution < -0.4 is 10.6 Å². The van der Waals surface area contributed by atoms with Gasteiger partial charge in [-0.05, 0) is 50.6 Å². The summed E-state index contributed by atoms with van der Waals surface area (Å²) < 4.78 is 5.30. The van der Waals surface area contributed by atoms with Gasteiger partial charge in [-0.1, -0.05) is 29.3 Å². The number of hydrogen-bond donors (Lipinski definition) is 2. The molecule has 1 aromatic carbocycles. The third kappa shape index (κ3) is 3.93. The Morgan fingerprint density at radius 3 is 2.64 bits per heavy atom. The van der Waals surface area contributed by atoms with Gasteiger partial charge in [-0.15, -0.1) is 0 Å². The van der Waals surface area contributed by atoms with Gasteiger partial charge in [-0.3, -0.25) is 4.79 Å². The molecule has 2 rings (SSSR count). The zero-order valence-electron chi connectivity index (χ0n) is 12.9. The van der Waals surface area contributed by atoms with E-state index in [1.807, 2.05) is 13.0 Å². The lowest BCUT2D eigenvalue weighted by atomic mass is 9.78. The molecule has 1 amide bonds. The summed E-state index contributed by atoms with van der Waals surface area (Å²) in [6.45, 7) is 4.05. The average molecular weight is 345 g/mol. The van der Waals surface area contributed by atoms with Crippen molar-refractivity contribution < 1.29 is 9.53 Å². The van der Waals surface area contributed by atoms with Gasteiger partial charge in [0, 0.05) is 7.11 Å². The lowest BCUT2D eigenvalue weighted by Crippen LogP contribution is -2.50. The number of nitrogens with one attached hydrogen (secondary N) is 2. The van der Waals surface area contributed by atoms with Gasteiger partial charge in [0.05, 0.1) is 28.1 Å². The van der Waals surface area contributed by atoms with E-state index in [1.165, 1.54) is 0 Å². The second kappa shape index (κ2) is 7.64. The van der Waals surface area contributed by atoms with E-state index in [2.05, 4.69) is 10.6 Å². The molecule has 2 N–H and O–H groups in total. The van der Waals surface area contributed by atoms with Gasteiger partial charge in [0.2, 0.25) is 5.91 Å². The molecule has 1 aromatic rings. The maximum absolute atomic E-state index is 12.8. The number of methoxy groups -OCH3 is 1. The van der Waals surface area contributed by atoms with Crippen molar-refractivity contribution in [1.82, 2.24) is 10.6 Å². The van der Waals surface area contributed by atoms with E-state index >= 15 is 0 Å². The first-order valence-electron chi connectivity index (χ1n) is 7.44. The minimum atomic E-state index is -0.454. The molecule has 1 aliphatic rings. The van der Waals surface area contributed by atoms with E-state index in [0.29, 0.717) is 16.7 Å². The molecule has 0 radical (unpaired) electrons. The molecule has 1 fully saturated rings. The molecule has 1 unspecified atom stereocenters. The van der Waals surface area contributed by atoms with Crippen LogP contribution >= 0.6 is 23.2 Å². The third-order valence-electron chi connectivity index (χ3n) is 4.25. The van der Waals surface area contributed by atoms with Gasteiger partial charge >= 0.3 is 0 Å². The number of carbonyl (C=O) groups excluding carboxylic acids is 1. The van der Waals surface area contributed by atoms with Crippen LogP contribution in [0, 0.1) is 5.41 Å². The number of piperidine rings is 1. The normalized spacial score (nSPS) is 18.7. The smallest absolute Gasteiger partial charge is 0.229 e. The molecule has 0 bridgehead atoms. The highest BCUT2D eigenvalue weighted by Gasteiger charge is 2.40. The van der Waals surface area contributed by atoms with Crippen molar-refractivity contribution in [2.75, 3.05) is 26.8 Å². The Morgan fingerprint density at radius 2 is 2.05 bits per heavy atom. The minimum Gasteiger partial charge on any atom is -0.384 e. The topological polar surface area (TPSA) is 50.4 Å². The van der Waals surface area contributed by atoms with Crippen molar-refractivity contribution in [1.29, 1.82) is 0 Å². The number of rotatable bonds is 5. The highest BCUT2D eigenvalue weighted by molar-refractivity contribution is 6.42. The lowest BCUT2D eigenvalue weighted by molar-refractivity contribution is -0.136. The number of carbonyl (C=O) groups is 1. The second-order valence-electron chi connectivity index (χ2n) is 5.83. The number of hydrogen-bond acceptors (Lipinski definition) is 3. The molecule has 0 aromatic heterocycles. The summed E-state index contributed by atoms with van der Waals surface area (Å²) in [4.78, 5) is 12.8. The Balaban J connectivity index is 2.09. The summed E-state index contributed by atoms with van der Waals surface area (Å²) in [5.41, 5.74) is 0.481. The number of benzene rings is 1. The third-order valence-corrected chi connectivity index (χ3v) is 4.99. The summed E-state index contributed by atoms with van der Waals surface area (Å²) in [7, 11) is 1.64. The fourth-order valence-corrected chi connectivity index (χ4v) is 3.14. The first-order valence-corrected chi connectivity index (χ1v) is 8.20. The van der Waals surface area contributed by atoms with Crippen molar-refractivity contribution in [2.45, 2.75) is 25.8 Å². The maximum Gasteiger partial charge on any atom is 0.229 e. The first-order chi connectivity index (χ1) is 10.5. The van der Waals surface area contributed by atoms with Crippen LogP contribution in [0.4, 0.5) is 0 Å². The molecule has 0 spiro atoms. The zero-order valence-corrected chi connectivity index (χ0v) is 14.4. The molecule has 0 saturated carbocycles. The number of halogens is 2. The summed E-state index contributed by atoms with van der Waals surface area (Å²) in [5.74, 6) is 0.0365. The van der Waals surface area contributed by atoms with E-state index in [-0.39, 0.29) is 11.9 Å². The molecule has 1 heterocycles. The van der Waals surface area contributed by atoms with Crippen LogP contribution in [0.25, 0.3) is 0 Å². The van der Waals surface area contributed by atoms with Gasteiger partial charge in [-0.25, -0.2) is 0 Å². The van der Waals surface area contributed by atoms with Crippen molar-refractivity contribution >= 4 is 29.1 Å². The number of ether oxygens (including phenoxy) is 1. The predicted octanol–water partition coefficient (Wildman–Crippen LogP) is 3.19. The fraction of sp³-hybridized carbons (Fsp3) is 0.562. The average Bonchev–Trinajstić information content (AvgIpc) is 2.51. The Kier molecular flexibility index (Phi) is 6.09. The van der Waals surface area contributed by atoms with E-state index in [4.69, 9.17) is 27.9 Å². The van der Waals surface area contributed by atoms with Gasteiger partial charge in [0.15, 0.2) is 0 Å². The molecular formula is C16H22Cl2N2O2. The lowest BCUT2D eigenvalue weighted by Gasteiger charge is -2.36.